The minimum Gasteiger partial charge on any atom is -0.0925 e. The van der Waals surface area contributed by atoms with E-state index in [1.165, 1.54) is 16.7 Å². The monoisotopic (exact) mass is 266 g/mol. The zero-order valence-electron chi connectivity index (χ0n) is 9.59. The minimum atomic E-state index is 1.05. The second-order valence-corrected chi connectivity index (χ2v) is 4.67. The van der Waals surface area contributed by atoms with Crippen LogP contribution in [0.15, 0.2) is 35.9 Å². The van der Waals surface area contributed by atoms with Crippen molar-refractivity contribution in [3.8, 4) is 0 Å². The van der Waals surface area contributed by atoms with E-state index in [0.717, 1.165) is 24.6 Å². The lowest BCUT2D eigenvalue weighted by Crippen LogP contribution is -1.88. The molecule has 0 saturated carbocycles. The quantitative estimate of drug-likeness (QED) is 0.543. The molecule has 82 valence electrons. The summed E-state index contributed by atoms with van der Waals surface area (Å²) < 4.78 is 0. The van der Waals surface area contributed by atoms with Crippen LogP contribution in [-0.2, 0) is 12.8 Å². The van der Waals surface area contributed by atoms with E-state index in [0.29, 0.717) is 0 Å². The number of halogens is 1. The van der Waals surface area contributed by atoms with Gasteiger partial charge in [-0.3, -0.25) is 0 Å². The Kier molecular flexibility index (Phi) is 5.70. The molecule has 0 aromatic heterocycles. The van der Waals surface area contributed by atoms with Gasteiger partial charge in [0, 0.05) is 5.33 Å². The number of alkyl halides is 1. The molecule has 1 heteroatoms. The molecule has 0 aliphatic heterocycles. The van der Waals surface area contributed by atoms with Crippen LogP contribution >= 0.6 is 15.9 Å². The van der Waals surface area contributed by atoms with E-state index in [4.69, 9.17) is 0 Å². The highest BCUT2D eigenvalue weighted by atomic mass is 79.9. The van der Waals surface area contributed by atoms with E-state index in [1.807, 2.05) is 0 Å². The topological polar surface area (TPSA) is 0 Å². The summed E-state index contributed by atoms with van der Waals surface area (Å²) in [5.74, 6) is 0. The Morgan fingerprint density at radius 2 is 1.80 bits per heavy atom. The van der Waals surface area contributed by atoms with Gasteiger partial charge in [0.05, 0.1) is 0 Å². The average Bonchev–Trinajstić information content (AvgIpc) is 2.27. The Labute approximate surface area is 102 Å². The minimum absolute atomic E-state index is 1.05. The Morgan fingerprint density at radius 3 is 2.33 bits per heavy atom. The molecule has 0 N–H and O–H groups in total. The average molecular weight is 267 g/mol. The summed E-state index contributed by atoms with van der Waals surface area (Å²) >= 11 is 3.44. The van der Waals surface area contributed by atoms with Crippen molar-refractivity contribution in [3.05, 3.63) is 47.0 Å². The molecule has 15 heavy (non-hydrogen) atoms. The predicted molar refractivity (Wildman–Crippen MR) is 71.7 cm³/mol. The molecular formula is C14H19Br. The number of hydrogen-bond acceptors (Lipinski definition) is 0. The fourth-order valence-corrected chi connectivity index (χ4v) is 1.82. The van der Waals surface area contributed by atoms with Gasteiger partial charge in [0.1, 0.15) is 0 Å². The van der Waals surface area contributed by atoms with Crippen LogP contribution < -0.4 is 0 Å². The lowest BCUT2D eigenvalue weighted by molar-refractivity contribution is 1.08. The summed E-state index contributed by atoms with van der Waals surface area (Å²) in [5.41, 5.74) is 4.29. The molecule has 0 heterocycles. The molecule has 0 bridgehead atoms. The van der Waals surface area contributed by atoms with Crippen molar-refractivity contribution in [2.24, 2.45) is 0 Å². The van der Waals surface area contributed by atoms with Crippen molar-refractivity contribution in [1.29, 1.82) is 0 Å². The molecule has 0 atom stereocenters. The maximum atomic E-state index is 3.44. The zero-order chi connectivity index (χ0) is 11.1. The smallest absolute Gasteiger partial charge is 0.00660 e. The molecule has 1 aromatic rings. The number of benzene rings is 1. The largest absolute Gasteiger partial charge is 0.0925 e. The number of hydrogen-bond donors (Lipinski definition) is 0. The van der Waals surface area contributed by atoms with Gasteiger partial charge in [-0.1, -0.05) is 58.8 Å². The van der Waals surface area contributed by atoms with Gasteiger partial charge in [-0.25, -0.2) is 0 Å². The number of rotatable bonds is 5. The SMILES string of the molecule is CCc1ccc(CC(C)=CCCBr)cc1. The van der Waals surface area contributed by atoms with E-state index in [-0.39, 0.29) is 0 Å². The highest BCUT2D eigenvalue weighted by Crippen LogP contribution is 2.10. The number of allylic oxidation sites excluding steroid dienone is 2. The van der Waals surface area contributed by atoms with E-state index < -0.39 is 0 Å². The van der Waals surface area contributed by atoms with Crippen molar-refractivity contribution < 1.29 is 0 Å². The first-order valence-electron chi connectivity index (χ1n) is 5.55. The van der Waals surface area contributed by atoms with Crippen molar-refractivity contribution in [2.45, 2.75) is 33.1 Å². The highest BCUT2D eigenvalue weighted by Gasteiger charge is 1.95. The molecule has 1 aromatic carbocycles. The lowest BCUT2D eigenvalue weighted by atomic mass is 10.0. The van der Waals surface area contributed by atoms with Crippen LogP contribution in [-0.4, -0.2) is 5.33 Å². The molecule has 0 radical (unpaired) electrons. The third-order valence-corrected chi connectivity index (χ3v) is 2.97. The van der Waals surface area contributed by atoms with E-state index >= 15 is 0 Å². The molecule has 0 unspecified atom stereocenters. The van der Waals surface area contributed by atoms with Crippen LogP contribution in [0.4, 0.5) is 0 Å². The van der Waals surface area contributed by atoms with Gasteiger partial charge in [-0.2, -0.15) is 0 Å². The summed E-state index contributed by atoms with van der Waals surface area (Å²) in [4.78, 5) is 0. The summed E-state index contributed by atoms with van der Waals surface area (Å²) in [6, 6.07) is 8.94. The van der Waals surface area contributed by atoms with Gasteiger partial charge in [-0.05, 0) is 37.3 Å². The summed E-state index contributed by atoms with van der Waals surface area (Å²) in [6.07, 6.45) is 5.64. The Balaban J connectivity index is 2.57. The fourth-order valence-electron chi connectivity index (χ4n) is 1.59. The predicted octanol–water partition coefficient (Wildman–Crippen LogP) is 4.52. The van der Waals surface area contributed by atoms with Gasteiger partial charge >= 0.3 is 0 Å². The zero-order valence-corrected chi connectivity index (χ0v) is 11.2. The fraction of sp³-hybridized carbons (Fsp3) is 0.429. The Bertz CT molecular complexity index is 309. The van der Waals surface area contributed by atoms with Crippen LogP contribution in [0.25, 0.3) is 0 Å². The van der Waals surface area contributed by atoms with Crippen LogP contribution in [0.1, 0.15) is 31.4 Å². The summed E-state index contributed by atoms with van der Waals surface area (Å²) in [5, 5.41) is 1.05. The third kappa shape index (κ3) is 4.65. The molecule has 1 rings (SSSR count). The van der Waals surface area contributed by atoms with Gasteiger partial charge in [0.15, 0.2) is 0 Å². The second kappa shape index (κ2) is 6.84. The maximum Gasteiger partial charge on any atom is 0.00660 e. The van der Waals surface area contributed by atoms with Gasteiger partial charge in [0.25, 0.3) is 0 Å². The molecule has 0 aliphatic carbocycles. The molecule has 0 spiro atoms. The summed E-state index contributed by atoms with van der Waals surface area (Å²) in [6.45, 7) is 4.40. The summed E-state index contributed by atoms with van der Waals surface area (Å²) in [7, 11) is 0. The first-order chi connectivity index (χ1) is 7.26. The standard InChI is InChI=1S/C14H19Br/c1-3-13-6-8-14(9-7-13)11-12(2)5-4-10-15/h5-9H,3-4,10-11H2,1-2H3. The molecule has 0 fully saturated rings. The van der Waals surface area contributed by atoms with E-state index in [2.05, 4.69) is 60.1 Å². The molecular weight excluding hydrogens is 248 g/mol. The molecule has 0 amide bonds. The van der Waals surface area contributed by atoms with Crippen LogP contribution in [0.3, 0.4) is 0 Å². The first kappa shape index (κ1) is 12.5. The normalized spacial score (nSPS) is 11.8. The Morgan fingerprint density at radius 1 is 1.20 bits per heavy atom. The van der Waals surface area contributed by atoms with Gasteiger partial charge in [-0.15, -0.1) is 0 Å². The van der Waals surface area contributed by atoms with E-state index in [1.54, 1.807) is 0 Å². The van der Waals surface area contributed by atoms with Gasteiger partial charge < -0.3 is 0 Å². The van der Waals surface area contributed by atoms with Crippen molar-refractivity contribution in [3.63, 3.8) is 0 Å². The van der Waals surface area contributed by atoms with Crippen LogP contribution in [0.5, 0.6) is 0 Å². The van der Waals surface area contributed by atoms with Crippen LogP contribution in [0.2, 0.25) is 0 Å². The maximum absolute atomic E-state index is 3.44. The first-order valence-corrected chi connectivity index (χ1v) is 6.67. The Hall–Kier alpha value is -0.560. The van der Waals surface area contributed by atoms with Crippen LogP contribution in [0, 0.1) is 0 Å². The third-order valence-electron chi connectivity index (χ3n) is 2.52. The van der Waals surface area contributed by atoms with Gasteiger partial charge in [0.2, 0.25) is 0 Å². The highest BCUT2D eigenvalue weighted by molar-refractivity contribution is 9.09. The van der Waals surface area contributed by atoms with Crippen molar-refractivity contribution in [2.75, 3.05) is 5.33 Å². The lowest BCUT2D eigenvalue weighted by Gasteiger charge is -2.03. The molecule has 0 aliphatic rings. The van der Waals surface area contributed by atoms with Crippen molar-refractivity contribution >= 4 is 15.9 Å². The molecule has 0 saturated heterocycles. The van der Waals surface area contributed by atoms with Crippen molar-refractivity contribution in [1.82, 2.24) is 0 Å². The van der Waals surface area contributed by atoms with E-state index in [9.17, 15) is 0 Å². The number of aryl methyl sites for hydroxylation is 1. The molecule has 0 nitrogen and oxygen atoms in total. The second-order valence-electron chi connectivity index (χ2n) is 3.87.